The predicted octanol–water partition coefficient (Wildman–Crippen LogP) is 8.51. The molecule has 2 unspecified atom stereocenters. The van der Waals surface area contributed by atoms with Crippen LogP contribution in [0.25, 0.3) is 0 Å². The van der Waals surface area contributed by atoms with Gasteiger partial charge in [0.2, 0.25) is 0 Å². The average Bonchev–Trinajstić information content (AvgIpc) is 3.31. The summed E-state index contributed by atoms with van der Waals surface area (Å²) < 4.78 is 12.6. The first-order chi connectivity index (χ1) is 18.8. The molecule has 6 aliphatic rings. The number of nitriles is 1. The molecule has 0 N–H and O–H groups in total. The number of ketones is 1. The van der Waals surface area contributed by atoms with E-state index in [9.17, 15) is 10.1 Å². The Hall–Kier alpha value is -1.18. The van der Waals surface area contributed by atoms with Crippen molar-refractivity contribution in [3.63, 3.8) is 0 Å². The molecular formula is C36H55NO3. The molecule has 0 spiro atoms. The number of carbonyl (C=O) groups excluding carboxylic acids is 1. The highest BCUT2D eigenvalue weighted by Crippen LogP contribution is 2.77. The predicted molar refractivity (Wildman–Crippen MR) is 158 cm³/mol. The summed E-state index contributed by atoms with van der Waals surface area (Å²) in [7, 11) is 0. The first kappa shape index (κ1) is 28.9. The molecule has 5 aliphatic carbocycles. The van der Waals surface area contributed by atoms with Crippen molar-refractivity contribution in [3.05, 3.63) is 12.2 Å². The minimum absolute atomic E-state index is 0.0186. The van der Waals surface area contributed by atoms with Gasteiger partial charge in [-0.05, 0) is 135 Å². The van der Waals surface area contributed by atoms with Crippen molar-refractivity contribution in [3.8, 4) is 6.07 Å². The van der Waals surface area contributed by atoms with E-state index in [1.807, 2.05) is 0 Å². The van der Waals surface area contributed by atoms with Gasteiger partial charge in [0.1, 0.15) is 5.92 Å². The van der Waals surface area contributed by atoms with E-state index in [0.29, 0.717) is 29.6 Å². The van der Waals surface area contributed by atoms with Crippen LogP contribution in [0.3, 0.4) is 0 Å². The largest absolute Gasteiger partial charge is 0.353 e. The highest BCUT2D eigenvalue weighted by molar-refractivity contribution is 5.89. The molecule has 4 nitrogen and oxygen atoms in total. The van der Waals surface area contributed by atoms with Crippen LogP contribution in [0.5, 0.6) is 0 Å². The topological polar surface area (TPSA) is 59.3 Å². The van der Waals surface area contributed by atoms with Crippen molar-refractivity contribution < 1.29 is 14.3 Å². The third-order valence-electron chi connectivity index (χ3n) is 14.8. The Morgan fingerprint density at radius 3 is 2.42 bits per heavy atom. The highest BCUT2D eigenvalue weighted by Gasteiger charge is 2.71. The summed E-state index contributed by atoms with van der Waals surface area (Å²) in [5.41, 5.74) is 1.72. The van der Waals surface area contributed by atoms with Crippen molar-refractivity contribution >= 4 is 5.78 Å². The van der Waals surface area contributed by atoms with E-state index < -0.39 is 11.3 Å². The molecule has 40 heavy (non-hydrogen) atoms. The molecule has 6 fully saturated rings. The molecule has 1 aliphatic heterocycles. The Balaban J connectivity index is 1.34. The Morgan fingerprint density at radius 2 is 1.75 bits per heavy atom. The van der Waals surface area contributed by atoms with Gasteiger partial charge in [0.15, 0.2) is 12.1 Å². The van der Waals surface area contributed by atoms with Crippen LogP contribution in [0, 0.1) is 73.9 Å². The van der Waals surface area contributed by atoms with Crippen LogP contribution < -0.4 is 0 Å². The minimum atomic E-state index is -0.454. The van der Waals surface area contributed by atoms with Crippen molar-refractivity contribution in [1.82, 2.24) is 0 Å². The lowest BCUT2D eigenvalue weighted by Crippen LogP contribution is -2.67. The minimum Gasteiger partial charge on any atom is -0.353 e. The van der Waals surface area contributed by atoms with Gasteiger partial charge in [-0.2, -0.15) is 5.26 Å². The maximum atomic E-state index is 13.4. The summed E-state index contributed by atoms with van der Waals surface area (Å²) in [6.07, 6.45) is 14.0. The highest BCUT2D eigenvalue weighted by atomic mass is 16.7. The van der Waals surface area contributed by atoms with Gasteiger partial charge in [0.25, 0.3) is 0 Å². The van der Waals surface area contributed by atoms with E-state index in [2.05, 4.69) is 54.2 Å². The van der Waals surface area contributed by atoms with Gasteiger partial charge in [0.05, 0.1) is 12.7 Å². The van der Waals surface area contributed by atoms with Gasteiger partial charge in [0, 0.05) is 12.0 Å². The second-order valence-electron chi connectivity index (χ2n) is 16.6. The van der Waals surface area contributed by atoms with Gasteiger partial charge in [-0.25, -0.2) is 0 Å². The van der Waals surface area contributed by atoms with Crippen LogP contribution in [-0.4, -0.2) is 25.3 Å². The van der Waals surface area contributed by atoms with Gasteiger partial charge in [-0.15, -0.1) is 0 Å². The number of Topliss-reactive ketones (excluding diaryl/α,β-unsaturated/α-hetero) is 1. The summed E-state index contributed by atoms with van der Waals surface area (Å²) in [6.45, 7) is 20.6. The molecule has 11 atom stereocenters. The number of fused-ring (bicyclic) bond motifs is 7. The smallest absolute Gasteiger partial charge is 0.157 e. The van der Waals surface area contributed by atoms with Gasteiger partial charge < -0.3 is 9.47 Å². The summed E-state index contributed by atoms with van der Waals surface area (Å²) in [4.78, 5) is 13.4. The standard InChI is InChI=1S/C36H55NO3/c1-23(2)25-13-16-36(22-40-29-10-8-9-19-39-29)18-17-34(6)26(30(25)36)11-12-28-33(5)20-24(21-37)31(38)32(3,4)27(33)14-15-35(28,34)7/h24-30H,1,8-20,22H2,2-7H3/t24?,25-,26+,27-,28+,29?,30+,33-,34+,35+,36+/m0/s1. The number of nitrogens with zero attached hydrogens (tertiary/aromatic N) is 1. The molecule has 0 aromatic carbocycles. The molecule has 222 valence electrons. The van der Waals surface area contributed by atoms with Crippen molar-refractivity contribution in [1.29, 1.82) is 5.26 Å². The van der Waals surface area contributed by atoms with Crippen LogP contribution in [0.15, 0.2) is 12.2 Å². The van der Waals surface area contributed by atoms with Crippen LogP contribution in [-0.2, 0) is 14.3 Å². The number of rotatable bonds is 4. The molecule has 0 aromatic heterocycles. The fourth-order valence-electron chi connectivity index (χ4n) is 12.7. The SMILES string of the molecule is C=C(C)[C@@H]1CC[C@]2(COC3CCCCO3)CC[C@]3(C)[C@H](CC[C@@H]4[C@@]5(C)CC(C#N)C(=O)C(C)(C)[C@@H]5CC[C@]43C)[C@@H]12. The summed E-state index contributed by atoms with van der Waals surface area (Å²) in [5, 5.41) is 10.1. The third kappa shape index (κ3) is 3.85. The zero-order valence-corrected chi connectivity index (χ0v) is 26.3. The fourth-order valence-corrected chi connectivity index (χ4v) is 12.7. The van der Waals surface area contributed by atoms with E-state index in [-0.39, 0.29) is 33.7 Å². The Kier molecular flexibility index (Phi) is 6.99. The second-order valence-corrected chi connectivity index (χ2v) is 16.6. The van der Waals surface area contributed by atoms with Crippen LogP contribution in [0.4, 0.5) is 0 Å². The normalized spacial score (nSPS) is 51.5. The van der Waals surface area contributed by atoms with E-state index >= 15 is 0 Å². The molecule has 0 amide bonds. The summed E-state index contributed by atoms with van der Waals surface area (Å²) >= 11 is 0. The van der Waals surface area contributed by atoms with Gasteiger partial charge in [-0.3, -0.25) is 4.79 Å². The third-order valence-corrected chi connectivity index (χ3v) is 14.8. The molecular weight excluding hydrogens is 494 g/mol. The van der Waals surface area contributed by atoms with E-state index in [0.717, 1.165) is 38.9 Å². The van der Waals surface area contributed by atoms with Gasteiger partial charge >= 0.3 is 0 Å². The zero-order valence-electron chi connectivity index (χ0n) is 26.3. The molecule has 4 heteroatoms. The van der Waals surface area contributed by atoms with E-state index in [1.54, 1.807) is 0 Å². The number of hydrogen-bond acceptors (Lipinski definition) is 4. The van der Waals surface area contributed by atoms with Crippen molar-refractivity contribution in [2.45, 2.75) is 125 Å². The second kappa shape index (κ2) is 9.67. The number of allylic oxidation sites excluding steroid dienone is 1. The molecule has 6 rings (SSSR count). The fraction of sp³-hybridized carbons (Fsp3) is 0.889. The molecule has 1 saturated heterocycles. The van der Waals surface area contributed by atoms with Gasteiger partial charge in [-0.1, -0.05) is 46.8 Å². The Morgan fingerprint density at radius 1 is 0.975 bits per heavy atom. The molecule has 0 radical (unpaired) electrons. The molecule has 5 saturated carbocycles. The van der Waals surface area contributed by atoms with Crippen molar-refractivity contribution in [2.75, 3.05) is 13.2 Å². The summed E-state index contributed by atoms with van der Waals surface area (Å²) in [5.74, 6) is 2.57. The Bertz CT molecular complexity index is 1080. The zero-order chi connectivity index (χ0) is 28.7. The lowest BCUT2D eigenvalue weighted by molar-refractivity contribution is -0.247. The monoisotopic (exact) mass is 549 g/mol. The molecule has 0 bridgehead atoms. The average molecular weight is 550 g/mol. The molecule has 1 heterocycles. The quantitative estimate of drug-likeness (QED) is 0.330. The lowest BCUT2D eigenvalue weighted by atomic mass is 9.32. The number of carbonyl (C=O) groups is 1. The maximum absolute atomic E-state index is 13.4. The first-order valence-electron chi connectivity index (χ1n) is 16.7. The van der Waals surface area contributed by atoms with Crippen LogP contribution >= 0.6 is 0 Å². The van der Waals surface area contributed by atoms with Crippen molar-refractivity contribution in [2.24, 2.45) is 62.6 Å². The number of hydrogen-bond donors (Lipinski definition) is 0. The lowest BCUT2D eigenvalue weighted by Gasteiger charge is -2.72. The first-order valence-corrected chi connectivity index (χ1v) is 16.7. The number of ether oxygens (including phenoxy) is 2. The molecule has 0 aromatic rings. The van der Waals surface area contributed by atoms with Crippen LogP contribution in [0.2, 0.25) is 0 Å². The van der Waals surface area contributed by atoms with E-state index in [1.165, 1.54) is 56.9 Å². The summed E-state index contributed by atoms with van der Waals surface area (Å²) in [6, 6.07) is 2.45. The maximum Gasteiger partial charge on any atom is 0.157 e. The van der Waals surface area contributed by atoms with Crippen LogP contribution in [0.1, 0.15) is 119 Å². The Labute approximate surface area is 244 Å². The van der Waals surface area contributed by atoms with E-state index in [4.69, 9.17) is 9.47 Å².